The van der Waals surface area contributed by atoms with E-state index in [1.54, 1.807) is 4.90 Å². The number of urea groups is 1. The number of carboxylic acids is 1. The molecule has 1 aliphatic heterocycles. The highest BCUT2D eigenvalue weighted by Gasteiger charge is 2.31. The third kappa shape index (κ3) is 3.54. The van der Waals surface area contributed by atoms with Gasteiger partial charge in [0.1, 0.15) is 0 Å². The largest absolute Gasteiger partial charge is 0.481 e. The van der Waals surface area contributed by atoms with Gasteiger partial charge >= 0.3 is 12.0 Å². The molecule has 1 heterocycles. The minimum atomic E-state index is -0.828. The SMILES string of the molecule is Cc1cccc(NC(=O)N2CC(C)CC(C(=O)O)C2)c1C. The van der Waals surface area contributed by atoms with Crippen LogP contribution in [0.3, 0.4) is 0 Å². The first-order valence-electron chi connectivity index (χ1n) is 7.23. The van der Waals surface area contributed by atoms with Crippen LogP contribution in [-0.4, -0.2) is 35.1 Å². The molecule has 2 amide bonds. The summed E-state index contributed by atoms with van der Waals surface area (Å²) in [6, 6.07) is 5.54. The summed E-state index contributed by atoms with van der Waals surface area (Å²) in [6.07, 6.45) is 0.628. The first kappa shape index (κ1) is 15.4. The van der Waals surface area contributed by atoms with Crippen LogP contribution in [0.25, 0.3) is 0 Å². The Labute approximate surface area is 125 Å². The average molecular weight is 290 g/mol. The van der Waals surface area contributed by atoms with Crippen LogP contribution < -0.4 is 5.32 Å². The highest BCUT2D eigenvalue weighted by molar-refractivity contribution is 5.90. The molecule has 1 aromatic rings. The van der Waals surface area contributed by atoms with Gasteiger partial charge in [-0.2, -0.15) is 0 Å². The Hall–Kier alpha value is -2.04. The molecular weight excluding hydrogens is 268 g/mol. The Morgan fingerprint density at radius 2 is 2.00 bits per heavy atom. The van der Waals surface area contributed by atoms with E-state index in [0.29, 0.717) is 13.0 Å². The molecule has 1 aliphatic rings. The van der Waals surface area contributed by atoms with Gasteiger partial charge < -0.3 is 15.3 Å². The van der Waals surface area contributed by atoms with Crippen molar-refractivity contribution < 1.29 is 14.7 Å². The maximum Gasteiger partial charge on any atom is 0.321 e. The zero-order valence-electron chi connectivity index (χ0n) is 12.7. The van der Waals surface area contributed by atoms with E-state index in [1.807, 2.05) is 39.0 Å². The summed E-state index contributed by atoms with van der Waals surface area (Å²) >= 11 is 0. The summed E-state index contributed by atoms with van der Waals surface area (Å²) in [7, 11) is 0. The van der Waals surface area contributed by atoms with Gasteiger partial charge in [0.05, 0.1) is 5.92 Å². The van der Waals surface area contributed by atoms with E-state index in [4.69, 9.17) is 5.11 Å². The van der Waals surface area contributed by atoms with Gasteiger partial charge in [0.2, 0.25) is 0 Å². The molecule has 1 aromatic carbocycles. The number of nitrogens with one attached hydrogen (secondary N) is 1. The number of amides is 2. The van der Waals surface area contributed by atoms with Crippen LogP contribution in [0, 0.1) is 25.7 Å². The van der Waals surface area contributed by atoms with Gasteiger partial charge in [-0.25, -0.2) is 4.79 Å². The van der Waals surface area contributed by atoms with Crippen LogP contribution >= 0.6 is 0 Å². The van der Waals surface area contributed by atoms with Crippen LogP contribution in [0.1, 0.15) is 24.5 Å². The van der Waals surface area contributed by atoms with Crippen molar-refractivity contribution in [3.05, 3.63) is 29.3 Å². The fourth-order valence-electron chi connectivity index (χ4n) is 2.78. The lowest BCUT2D eigenvalue weighted by Crippen LogP contribution is -2.47. The van der Waals surface area contributed by atoms with E-state index in [0.717, 1.165) is 16.8 Å². The van der Waals surface area contributed by atoms with Gasteiger partial charge in [0, 0.05) is 18.8 Å². The van der Waals surface area contributed by atoms with Crippen LogP contribution in [0.4, 0.5) is 10.5 Å². The van der Waals surface area contributed by atoms with Crippen molar-refractivity contribution in [1.82, 2.24) is 4.90 Å². The van der Waals surface area contributed by atoms with E-state index >= 15 is 0 Å². The summed E-state index contributed by atoms with van der Waals surface area (Å²) < 4.78 is 0. The van der Waals surface area contributed by atoms with Crippen LogP contribution in [-0.2, 0) is 4.79 Å². The van der Waals surface area contributed by atoms with Crippen molar-refractivity contribution >= 4 is 17.7 Å². The summed E-state index contributed by atoms with van der Waals surface area (Å²) in [5.74, 6) is -1.10. The Balaban J connectivity index is 2.09. The van der Waals surface area contributed by atoms with E-state index in [1.165, 1.54) is 0 Å². The van der Waals surface area contributed by atoms with E-state index in [9.17, 15) is 9.59 Å². The predicted octanol–water partition coefficient (Wildman–Crippen LogP) is 2.88. The van der Waals surface area contributed by atoms with Gasteiger partial charge in [0.15, 0.2) is 0 Å². The summed E-state index contributed by atoms with van der Waals surface area (Å²) in [4.78, 5) is 25.1. The molecule has 114 valence electrons. The Morgan fingerprint density at radius 1 is 1.29 bits per heavy atom. The van der Waals surface area contributed by atoms with Crippen LogP contribution in [0.2, 0.25) is 0 Å². The zero-order chi connectivity index (χ0) is 15.6. The number of benzene rings is 1. The minimum Gasteiger partial charge on any atom is -0.481 e. The number of rotatable bonds is 2. The van der Waals surface area contributed by atoms with Gasteiger partial charge in [0.25, 0.3) is 0 Å². The second-order valence-corrected chi connectivity index (χ2v) is 5.96. The molecule has 2 unspecified atom stereocenters. The van der Waals surface area contributed by atoms with Crippen LogP contribution in [0.15, 0.2) is 18.2 Å². The second kappa shape index (κ2) is 6.16. The number of carbonyl (C=O) groups is 2. The number of nitrogens with zero attached hydrogens (tertiary/aromatic N) is 1. The summed E-state index contributed by atoms with van der Waals surface area (Å²) in [5, 5.41) is 12.1. The quantitative estimate of drug-likeness (QED) is 0.880. The average Bonchev–Trinajstić information content (AvgIpc) is 2.43. The smallest absolute Gasteiger partial charge is 0.321 e. The molecule has 0 spiro atoms. The van der Waals surface area contributed by atoms with Crippen molar-refractivity contribution in [2.24, 2.45) is 11.8 Å². The highest BCUT2D eigenvalue weighted by atomic mass is 16.4. The molecule has 2 N–H and O–H groups in total. The number of hydrogen-bond donors (Lipinski definition) is 2. The van der Waals surface area contributed by atoms with Crippen molar-refractivity contribution in [2.45, 2.75) is 27.2 Å². The maximum absolute atomic E-state index is 12.4. The molecule has 2 atom stereocenters. The lowest BCUT2D eigenvalue weighted by atomic mass is 9.91. The van der Waals surface area contributed by atoms with Gasteiger partial charge in [-0.1, -0.05) is 19.1 Å². The fourth-order valence-corrected chi connectivity index (χ4v) is 2.78. The minimum absolute atomic E-state index is 0.198. The van der Waals surface area contributed by atoms with E-state index < -0.39 is 11.9 Å². The van der Waals surface area contributed by atoms with Crippen molar-refractivity contribution in [3.8, 4) is 0 Å². The molecule has 21 heavy (non-hydrogen) atoms. The third-order valence-corrected chi connectivity index (χ3v) is 4.14. The molecular formula is C16H22N2O3. The Bertz CT molecular complexity index is 556. The molecule has 0 saturated carbocycles. The number of likely N-dealkylation sites (tertiary alicyclic amines) is 1. The number of anilines is 1. The van der Waals surface area contributed by atoms with Crippen molar-refractivity contribution in [1.29, 1.82) is 0 Å². The highest BCUT2D eigenvalue weighted by Crippen LogP contribution is 2.24. The molecule has 2 rings (SSSR count). The number of carbonyl (C=O) groups excluding carboxylic acids is 1. The monoisotopic (exact) mass is 290 g/mol. The molecule has 0 aliphatic carbocycles. The first-order valence-corrected chi connectivity index (χ1v) is 7.23. The number of carboxylic acid groups (broad SMARTS) is 1. The number of aryl methyl sites for hydroxylation is 1. The number of aliphatic carboxylic acids is 1. The van der Waals surface area contributed by atoms with Gasteiger partial charge in [-0.3, -0.25) is 4.79 Å². The van der Waals surface area contributed by atoms with E-state index in [2.05, 4.69) is 5.32 Å². The third-order valence-electron chi connectivity index (χ3n) is 4.14. The van der Waals surface area contributed by atoms with Crippen molar-refractivity contribution in [2.75, 3.05) is 18.4 Å². The molecule has 5 heteroatoms. The Morgan fingerprint density at radius 3 is 2.67 bits per heavy atom. The normalized spacial score (nSPS) is 22.0. The molecule has 0 bridgehead atoms. The summed E-state index contributed by atoms with van der Waals surface area (Å²) in [6.45, 7) is 6.81. The first-order chi connectivity index (χ1) is 9.88. The fraction of sp³-hybridized carbons (Fsp3) is 0.500. The number of piperidine rings is 1. The summed E-state index contributed by atoms with van der Waals surface area (Å²) in [5.41, 5.74) is 2.93. The topological polar surface area (TPSA) is 69.6 Å². The molecule has 5 nitrogen and oxygen atoms in total. The lowest BCUT2D eigenvalue weighted by Gasteiger charge is -2.34. The molecule has 1 fully saturated rings. The van der Waals surface area contributed by atoms with Gasteiger partial charge in [-0.05, 0) is 43.4 Å². The predicted molar refractivity (Wildman–Crippen MR) is 81.4 cm³/mol. The maximum atomic E-state index is 12.4. The number of hydrogen-bond acceptors (Lipinski definition) is 2. The molecule has 0 radical (unpaired) electrons. The lowest BCUT2D eigenvalue weighted by molar-refractivity contribution is -0.143. The van der Waals surface area contributed by atoms with E-state index in [-0.39, 0.29) is 18.5 Å². The molecule has 1 saturated heterocycles. The van der Waals surface area contributed by atoms with Crippen molar-refractivity contribution in [3.63, 3.8) is 0 Å². The molecule has 0 aromatic heterocycles. The van der Waals surface area contributed by atoms with Crippen LogP contribution in [0.5, 0.6) is 0 Å². The van der Waals surface area contributed by atoms with Gasteiger partial charge in [-0.15, -0.1) is 0 Å². The second-order valence-electron chi connectivity index (χ2n) is 5.96. The Kier molecular flexibility index (Phi) is 4.50. The standard InChI is InChI=1S/C16H22N2O3/c1-10-7-13(15(19)20)9-18(8-10)16(21)17-14-6-4-5-11(2)12(14)3/h4-6,10,13H,7-9H2,1-3H3,(H,17,21)(H,19,20). The zero-order valence-corrected chi connectivity index (χ0v) is 12.7.